The van der Waals surface area contributed by atoms with Crippen LogP contribution in [0.15, 0.2) is 0 Å². The van der Waals surface area contributed by atoms with Crippen LogP contribution in [0.2, 0.25) is 0 Å². The molecule has 4 atom stereocenters. The highest BCUT2D eigenvalue weighted by molar-refractivity contribution is 7.81. The van der Waals surface area contributed by atoms with E-state index in [-0.39, 0.29) is 19.2 Å². The van der Waals surface area contributed by atoms with Gasteiger partial charge in [0.05, 0.1) is 12.6 Å². The largest absolute Gasteiger partial charge is 0.418 e. The van der Waals surface area contributed by atoms with E-state index in [1.807, 2.05) is 0 Å². The second kappa shape index (κ2) is 7.94. The Bertz CT molecular complexity index is 734. The number of amides is 3. The van der Waals surface area contributed by atoms with Crippen LogP contribution in [0.3, 0.4) is 0 Å². The van der Waals surface area contributed by atoms with Gasteiger partial charge in [-0.25, -0.2) is 14.6 Å². The molecular formula is C12H22N6O7S2. The van der Waals surface area contributed by atoms with Gasteiger partial charge in [-0.15, -0.1) is 4.28 Å². The average Bonchev–Trinajstić information content (AvgIpc) is 3.14. The van der Waals surface area contributed by atoms with Gasteiger partial charge in [0.2, 0.25) is 0 Å². The van der Waals surface area contributed by atoms with Crippen LogP contribution < -0.4 is 10.6 Å². The molecule has 27 heavy (non-hydrogen) atoms. The standard InChI is InChI=1S/C12H22N6O7S2/c13-26(14)17-5-1-2-9(17)7-24-15-11(19)10-4-3-8-6-16(10)12(20)18(8)25-27(21,22)23/h8-10H,1-7H2,(H3,13,14)(H,15,19)(H,21,22,23)/t8-,9?,10+/m1/s1. The van der Waals surface area contributed by atoms with E-state index in [0.717, 1.165) is 12.8 Å². The molecule has 3 saturated heterocycles. The minimum atomic E-state index is -4.83. The van der Waals surface area contributed by atoms with Crippen molar-refractivity contribution >= 4 is 33.4 Å². The predicted molar refractivity (Wildman–Crippen MR) is 91.5 cm³/mol. The lowest BCUT2D eigenvalue weighted by molar-refractivity contribution is -0.139. The number of carbonyl (C=O) groups is 2. The maximum Gasteiger partial charge on any atom is 0.418 e. The summed E-state index contributed by atoms with van der Waals surface area (Å²) in [6.07, 6.45) is 2.34. The zero-order valence-corrected chi connectivity index (χ0v) is 15.9. The van der Waals surface area contributed by atoms with E-state index in [0.29, 0.717) is 24.4 Å². The van der Waals surface area contributed by atoms with Gasteiger partial charge in [0.1, 0.15) is 6.04 Å². The zero-order chi connectivity index (χ0) is 19.8. The lowest BCUT2D eigenvalue weighted by Gasteiger charge is -2.29. The minimum Gasteiger partial charge on any atom is -0.309 e. The SMILES string of the molecule is N=S(N)N1CCCC1CONC(=O)[C@@H]1CC[C@@H]2CN1C(=O)N2OS(=O)(=O)O. The van der Waals surface area contributed by atoms with Crippen molar-refractivity contribution in [1.82, 2.24) is 19.7 Å². The summed E-state index contributed by atoms with van der Waals surface area (Å²) in [7, 11) is -4.83. The maximum atomic E-state index is 12.4. The highest BCUT2D eigenvalue weighted by Gasteiger charge is 2.49. The summed E-state index contributed by atoms with van der Waals surface area (Å²) in [5, 5.41) is 6.19. The number of nitrogens with two attached hydrogens (primary N) is 1. The highest BCUT2D eigenvalue weighted by atomic mass is 32.3. The molecule has 3 fully saturated rings. The Morgan fingerprint density at radius 2 is 2.15 bits per heavy atom. The van der Waals surface area contributed by atoms with Crippen LogP contribution in [0, 0.1) is 4.78 Å². The summed E-state index contributed by atoms with van der Waals surface area (Å²) < 4.78 is 44.3. The number of hydroxylamine groups is 3. The fourth-order valence-electron chi connectivity index (χ4n) is 3.62. The molecule has 5 N–H and O–H groups in total. The van der Waals surface area contributed by atoms with Crippen molar-refractivity contribution in [2.24, 2.45) is 5.14 Å². The molecule has 2 bridgehead atoms. The lowest BCUT2D eigenvalue weighted by atomic mass is 10.0. The van der Waals surface area contributed by atoms with Crippen molar-refractivity contribution in [3.8, 4) is 0 Å². The fourth-order valence-corrected chi connectivity index (χ4v) is 4.82. The van der Waals surface area contributed by atoms with E-state index in [1.54, 1.807) is 4.31 Å². The Hall–Kier alpha value is -1.36. The summed E-state index contributed by atoms with van der Waals surface area (Å²) in [5.41, 5.74) is 2.32. The molecule has 3 rings (SSSR count). The maximum absolute atomic E-state index is 12.4. The normalized spacial score (nSPS) is 30.0. The number of piperidine rings is 1. The predicted octanol–water partition coefficient (Wildman–Crippen LogP) is -1.33. The molecule has 3 aliphatic heterocycles. The van der Waals surface area contributed by atoms with E-state index >= 15 is 0 Å². The third-order valence-electron chi connectivity index (χ3n) is 4.82. The van der Waals surface area contributed by atoms with Crippen molar-refractivity contribution < 1.29 is 31.7 Å². The molecule has 0 saturated carbocycles. The van der Waals surface area contributed by atoms with Crippen LogP contribution >= 0.6 is 0 Å². The molecule has 0 aromatic rings. The van der Waals surface area contributed by atoms with E-state index in [1.165, 1.54) is 4.90 Å². The number of urea groups is 1. The smallest absolute Gasteiger partial charge is 0.309 e. The molecule has 0 aromatic carbocycles. The van der Waals surface area contributed by atoms with Gasteiger partial charge >= 0.3 is 16.4 Å². The third kappa shape index (κ3) is 4.56. The Kier molecular flexibility index (Phi) is 5.99. The summed E-state index contributed by atoms with van der Waals surface area (Å²) in [5.74, 6) is -0.530. The number of hydrogen-bond acceptors (Lipinski definition) is 7. The fraction of sp³-hybridized carbons (Fsp3) is 0.833. The number of carbonyl (C=O) groups excluding carboxylic acids is 2. The van der Waals surface area contributed by atoms with Crippen molar-refractivity contribution in [3.63, 3.8) is 0 Å². The first-order valence-electron chi connectivity index (χ1n) is 8.32. The van der Waals surface area contributed by atoms with E-state index < -0.39 is 45.5 Å². The van der Waals surface area contributed by atoms with Crippen LogP contribution in [0.5, 0.6) is 0 Å². The minimum absolute atomic E-state index is 0.0565. The number of nitrogens with one attached hydrogen (secondary N) is 2. The summed E-state index contributed by atoms with van der Waals surface area (Å²) in [6.45, 7) is 0.991. The van der Waals surface area contributed by atoms with Crippen LogP contribution in [-0.2, 0) is 35.4 Å². The number of fused-ring (bicyclic) bond motifs is 2. The molecule has 0 aromatic heterocycles. The Labute approximate surface area is 158 Å². The molecule has 3 aliphatic rings. The highest BCUT2D eigenvalue weighted by Crippen LogP contribution is 2.30. The van der Waals surface area contributed by atoms with Crippen LogP contribution in [0.1, 0.15) is 25.7 Å². The number of nitrogens with zero attached hydrogens (tertiary/aromatic N) is 3. The van der Waals surface area contributed by atoms with Gasteiger partial charge in [0, 0.05) is 30.2 Å². The molecule has 2 unspecified atom stereocenters. The first kappa shape index (κ1) is 20.4. The third-order valence-corrected chi connectivity index (χ3v) is 6.16. The van der Waals surface area contributed by atoms with Crippen LogP contribution in [0.4, 0.5) is 4.79 Å². The first-order chi connectivity index (χ1) is 12.7. The first-order valence-corrected chi connectivity index (χ1v) is 10.9. The van der Waals surface area contributed by atoms with Crippen molar-refractivity contribution in [1.29, 1.82) is 4.78 Å². The molecule has 15 heteroatoms. The van der Waals surface area contributed by atoms with E-state index in [4.69, 9.17) is 19.3 Å². The van der Waals surface area contributed by atoms with Crippen molar-refractivity contribution in [3.05, 3.63) is 0 Å². The topological polar surface area (TPSA) is 179 Å². The van der Waals surface area contributed by atoms with Crippen molar-refractivity contribution in [2.45, 2.75) is 43.8 Å². The van der Waals surface area contributed by atoms with Gasteiger partial charge in [0.25, 0.3) is 5.91 Å². The van der Waals surface area contributed by atoms with Gasteiger partial charge in [0.15, 0.2) is 0 Å². The quantitative estimate of drug-likeness (QED) is 0.283. The number of rotatable bonds is 7. The summed E-state index contributed by atoms with van der Waals surface area (Å²) in [6, 6.07) is -2.25. The molecule has 154 valence electrons. The van der Waals surface area contributed by atoms with E-state index in [2.05, 4.69) is 9.76 Å². The second-order valence-corrected chi connectivity index (χ2v) is 8.64. The average molecular weight is 426 g/mol. The van der Waals surface area contributed by atoms with Gasteiger partial charge in [-0.3, -0.25) is 24.1 Å². The number of hydrogen-bond donors (Lipinski definition) is 4. The van der Waals surface area contributed by atoms with E-state index in [9.17, 15) is 18.0 Å². The zero-order valence-electron chi connectivity index (χ0n) is 14.3. The molecule has 13 nitrogen and oxygen atoms in total. The lowest BCUT2D eigenvalue weighted by Crippen LogP contribution is -2.50. The molecule has 3 heterocycles. The van der Waals surface area contributed by atoms with Gasteiger partial charge in [-0.2, -0.15) is 13.5 Å². The summed E-state index contributed by atoms with van der Waals surface area (Å²) >= 11 is -1.11. The monoisotopic (exact) mass is 426 g/mol. The molecule has 3 amide bonds. The van der Waals surface area contributed by atoms with Crippen LogP contribution in [0.25, 0.3) is 0 Å². The van der Waals surface area contributed by atoms with Gasteiger partial charge in [-0.1, -0.05) is 0 Å². The van der Waals surface area contributed by atoms with Crippen LogP contribution in [-0.4, -0.2) is 77.0 Å². The second-order valence-electron chi connectivity index (χ2n) is 6.54. The van der Waals surface area contributed by atoms with Gasteiger partial charge in [-0.05, 0) is 25.7 Å². The molecular weight excluding hydrogens is 404 g/mol. The summed E-state index contributed by atoms with van der Waals surface area (Å²) in [4.78, 5) is 31.1. The molecule has 0 aliphatic carbocycles. The molecule has 0 spiro atoms. The Balaban J connectivity index is 1.53. The van der Waals surface area contributed by atoms with Crippen molar-refractivity contribution in [2.75, 3.05) is 19.7 Å². The molecule has 0 radical (unpaired) electrons. The Morgan fingerprint density at radius 1 is 1.41 bits per heavy atom. The Morgan fingerprint density at radius 3 is 2.81 bits per heavy atom. The van der Waals surface area contributed by atoms with Gasteiger partial charge < -0.3 is 4.90 Å².